The van der Waals surface area contributed by atoms with Gasteiger partial charge in [-0.1, -0.05) is 27.5 Å². The molecular formula is C8H7BrClF3S. The first-order valence-corrected chi connectivity index (χ1v) is 5.95. The van der Waals surface area contributed by atoms with Gasteiger partial charge in [-0.15, -0.1) is 11.3 Å². The van der Waals surface area contributed by atoms with Crippen LogP contribution < -0.4 is 0 Å². The van der Waals surface area contributed by atoms with Gasteiger partial charge in [-0.3, -0.25) is 0 Å². The van der Waals surface area contributed by atoms with Crippen LogP contribution in [0.3, 0.4) is 0 Å². The molecule has 0 amide bonds. The molecule has 80 valence electrons. The molecule has 6 heteroatoms. The summed E-state index contributed by atoms with van der Waals surface area (Å²) < 4.78 is 36.3. The molecule has 0 aliphatic rings. The average molecular weight is 308 g/mol. The van der Waals surface area contributed by atoms with Gasteiger partial charge >= 0.3 is 6.18 Å². The van der Waals surface area contributed by atoms with Gasteiger partial charge in [0.2, 0.25) is 0 Å². The van der Waals surface area contributed by atoms with Crippen molar-refractivity contribution in [1.82, 2.24) is 0 Å². The van der Waals surface area contributed by atoms with Crippen molar-refractivity contribution < 1.29 is 13.2 Å². The molecule has 0 aliphatic heterocycles. The van der Waals surface area contributed by atoms with Gasteiger partial charge in [-0.2, -0.15) is 13.2 Å². The Balaban J connectivity index is 2.47. The van der Waals surface area contributed by atoms with E-state index in [1.807, 2.05) is 0 Å². The van der Waals surface area contributed by atoms with Crippen molar-refractivity contribution in [2.75, 3.05) is 0 Å². The zero-order valence-corrected chi connectivity index (χ0v) is 10.1. The van der Waals surface area contributed by atoms with Crippen LogP contribution in [0.4, 0.5) is 13.2 Å². The van der Waals surface area contributed by atoms with Crippen LogP contribution in [-0.4, -0.2) is 6.18 Å². The molecule has 0 saturated carbocycles. The number of rotatable bonds is 3. The lowest BCUT2D eigenvalue weighted by atomic mass is 10.2. The van der Waals surface area contributed by atoms with Crippen molar-refractivity contribution in [3.05, 3.63) is 21.3 Å². The number of thiophene rings is 1. The SMILES string of the molecule is FC(F)(F)CCC(Br)c1ccc(Cl)s1. The van der Waals surface area contributed by atoms with Gasteiger partial charge in [0, 0.05) is 16.1 Å². The number of alkyl halides is 4. The number of hydrogen-bond acceptors (Lipinski definition) is 1. The molecule has 0 aliphatic carbocycles. The zero-order chi connectivity index (χ0) is 10.8. The molecular weight excluding hydrogens is 301 g/mol. The second-order valence-corrected chi connectivity index (χ2v) is 5.62. The van der Waals surface area contributed by atoms with Crippen molar-refractivity contribution in [3.8, 4) is 0 Å². The Morgan fingerprint density at radius 2 is 2.07 bits per heavy atom. The molecule has 1 atom stereocenters. The van der Waals surface area contributed by atoms with E-state index in [0.29, 0.717) is 4.34 Å². The first kappa shape index (κ1) is 12.3. The maximum absolute atomic E-state index is 11.9. The van der Waals surface area contributed by atoms with Crippen molar-refractivity contribution in [1.29, 1.82) is 0 Å². The van der Waals surface area contributed by atoms with Crippen molar-refractivity contribution in [2.45, 2.75) is 23.8 Å². The summed E-state index contributed by atoms with van der Waals surface area (Å²) in [6, 6.07) is 3.42. The number of hydrogen-bond donors (Lipinski definition) is 0. The van der Waals surface area contributed by atoms with E-state index in [-0.39, 0.29) is 11.2 Å². The Morgan fingerprint density at radius 3 is 2.50 bits per heavy atom. The Hall–Kier alpha value is 0.260. The van der Waals surface area contributed by atoms with Gasteiger partial charge in [0.05, 0.1) is 4.34 Å². The summed E-state index contributed by atoms with van der Waals surface area (Å²) in [4.78, 5) is 0.570. The van der Waals surface area contributed by atoms with E-state index in [1.54, 1.807) is 12.1 Å². The first-order valence-electron chi connectivity index (χ1n) is 3.84. The largest absolute Gasteiger partial charge is 0.389 e. The zero-order valence-electron chi connectivity index (χ0n) is 6.94. The standard InChI is InChI=1S/C8H7BrClF3S/c9-5(3-4-8(11,12)13)6-1-2-7(10)14-6/h1-2,5H,3-4H2. The summed E-state index contributed by atoms with van der Waals surface area (Å²) in [5.74, 6) is 0. The van der Waals surface area contributed by atoms with Crippen LogP contribution in [-0.2, 0) is 0 Å². The highest BCUT2D eigenvalue weighted by molar-refractivity contribution is 9.09. The second-order valence-electron chi connectivity index (χ2n) is 2.76. The molecule has 0 radical (unpaired) electrons. The van der Waals surface area contributed by atoms with E-state index in [9.17, 15) is 13.2 Å². The summed E-state index contributed by atoms with van der Waals surface area (Å²) in [5.41, 5.74) is 0. The average Bonchev–Trinajstić information content (AvgIpc) is 2.46. The van der Waals surface area contributed by atoms with Crippen LogP contribution in [0.15, 0.2) is 12.1 Å². The molecule has 1 heterocycles. The Morgan fingerprint density at radius 1 is 1.43 bits per heavy atom. The Bertz CT molecular complexity index is 297. The van der Waals surface area contributed by atoms with Gasteiger partial charge in [-0.25, -0.2) is 0 Å². The van der Waals surface area contributed by atoms with Crippen molar-refractivity contribution >= 4 is 38.9 Å². The van der Waals surface area contributed by atoms with Crippen LogP contribution in [0.2, 0.25) is 4.34 Å². The predicted molar refractivity (Wildman–Crippen MR) is 56.3 cm³/mol. The van der Waals surface area contributed by atoms with Crippen LogP contribution in [0.1, 0.15) is 22.5 Å². The molecule has 0 bridgehead atoms. The minimum absolute atomic E-state index is 0.0420. The summed E-state index contributed by atoms with van der Waals surface area (Å²) in [5, 5.41) is 0. The van der Waals surface area contributed by atoms with Crippen LogP contribution in [0.25, 0.3) is 0 Å². The van der Waals surface area contributed by atoms with Gasteiger partial charge in [0.15, 0.2) is 0 Å². The molecule has 1 unspecified atom stereocenters. The van der Waals surface area contributed by atoms with Gasteiger partial charge in [0.1, 0.15) is 0 Å². The summed E-state index contributed by atoms with van der Waals surface area (Å²) in [6.07, 6.45) is -4.83. The molecule has 1 aromatic heterocycles. The van der Waals surface area contributed by atoms with E-state index in [1.165, 1.54) is 11.3 Å². The highest BCUT2D eigenvalue weighted by Gasteiger charge is 2.28. The van der Waals surface area contributed by atoms with Crippen molar-refractivity contribution in [2.24, 2.45) is 0 Å². The van der Waals surface area contributed by atoms with Crippen molar-refractivity contribution in [3.63, 3.8) is 0 Å². The highest BCUT2D eigenvalue weighted by Crippen LogP contribution is 2.37. The van der Waals surface area contributed by atoms with E-state index in [0.717, 1.165) is 4.88 Å². The Labute approximate surface area is 97.2 Å². The number of halogens is 5. The third-order valence-corrected chi connectivity index (χ3v) is 4.18. The maximum Gasteiger partial charge on any atom is 0.389 e. The fourth-order valence-electron chi connectivity index (χ4n) is 0.929. The fourth-order valence-corrected chi connectivity index (χ4v) is 2.66. The summed E-state index contributed by atoms with van der Waals surface area (Å²) >= 11 is 10.2. The fraction of sp³-hybridized carbons (Fsp3) is 0.500. The van der Waals surface area contributed by atoms with Crippen LogP contribution >= 0.6 is 38.9 Å². The van der Waals surface area contributed by atoms with Gasteiger partial charge in [-0.05, 0) is 18.6 Å². The van der Waals surface area contributed by atoms with Crippen LogP contribution in [0.5, 0.6) is 0 Å². The Kier molecular flexibility index (Phi) is 4.28. The molecule has 14 heavy (non-hydrogen) atoms. The van der Waals surface area contributed by atoms with E-state index in [4.69, 9.17) is 11.6 Å². The van der Waals surface area contributed by atoms with E-state index < -0.39 is 12.6 Å². The molecule has 0 nitrogen and oxygen atoms in total. The minimum Gasteiger partial charge on any atom is -0.171 e. The van der Waals surface area contributed by atoms with Crippen LogP contribution in [0, 0.1) is 0 Å². The second kappa shape index (κ2) is 4.86. The smallest absolute Gasteiger partial charge is 0.171 e. The van der Waals surface area contributed by atoms with Gasteiger partial charge in [0.25, 0.3) is 0 Å². The third-order valence-electron chi connectivity index (χ3n) is 1.58. The third kappa shape index (κ3) is 4.19. The predicted octanol–water partition coefficient (Wildman–Crippen LogP) is 5.18. The summed E-state index contributed by atoms with van der Waals surface area (Å²) in [7, 11) is 0. The molecule has 1 aromatic rings. The monoisotopic (exact) mass is 306 g/mol. The lowest BCUT2D eigenvalue weighted by Crippen LogP contribution is -2.07. The van der Waals surface area contributed by atoms with E-state index in [2.05, 4.69) is 15.9 Å². The first-order chi connectivity index (χ1) is 6.38. The van der Waals surface area contributed by atoms with Gasteiger partial charge < -0.3 is 0 Å². The minimum atomic E-state index is -4.09. The molecule has 0 N–H and O–H groups in total. The lowest BCUT2D eigenvalue weighted by molar-refractivity contribution is -0.135. The highest BCUT2D eigenvalue weighted by atomic mass is 79.9. The quantitative estimate of drug-likeness (QED) is 0.675. The topological polar surface area (TPSA) is 0 Å². The molecule has 0 saturated heterocycles. The normalized spacial score (nSPS) is 14.4. The van der Waals surface area contributed by atoms with E-state index >= 15 is 0 Å². The lowest BCUT2D eigenvalue weighted by Gasteiger charge is -2.09. The molecule has 0 spiro atoms. The molecule has 0 fully saturated rings. The summed E-state index contributed by atoms with van der Waals surface area (Å²) in [6.45, 7) is 0. The maximum atomic E-state index is 11.9. The molecule has 0 aromatic carbocycles. The molecule has 1 rings (SSSR count).